The molecule has 2 fully saturated rings. The van der Waals surface area contributed by atoms with Crippen molar-refractivity contribution in [3.63, 3.8) is 0 Å². The fourth-order valence-electron chi connectivity index (χ4n) is 2.94. The normalized spacial score (nSPS) is 42.2. The first kappa shape index (κ1) is 12.3. The van der Waals surface area contributed by atoms with Gasteiger partial charge in [0, 0.05) is 31.3 Å². The van der Waals surface area contributed by atoms with Crippen LogP contribution < -0.4 is 5.73 Å². The number of nitrogens with two attached hydrogens (primary N) is 1. The second-order valence-corrected chi connectivity index (χ2v) is 5.45. The molecule has 0 aromatic carbocycles. The monoisotopic (exact) mass is 228 g/mol. The molecule has 2 aliphatic rings. The van der Waals surface area contributed by atoms with Gasteiger partial charge in [-0.1, -0.05) is 0 Å². The van der Waals surface area contributed by atoms with Gasteiger partial charge in [-0.05, 0) is 32.6 Å². The first-order chi connectivity index (χ1) is 7.63. The fourth-order valence-corrected chi connectivity index (χ4v) is 2.94. The van der Waals surface area contributed by atoms with E-state index >= 15 is 0 Å². The summed E-state index contributed by atoms with van der Waals surface area (Å²) in [7, 11) is 0. The summed E-state index contributed by atoms with van der Waals surface area (Å²) in [6.45, 7) is 5.24. The highest BCUT2D eigenvalue weighted by molar-refractivity contribution is 4.97. The molecule has 1 aliphatic heterocycles. The minimum Gasteiger partial charge on any atom is -0.394 e. The van der Waals surface area contributed by atoms with Crippen LogP contribution in [-0.2, 0) is 4.74 Å². The number of nitrogens with zero attached hydrogens (tertiary/aromatic N) is 1. The Balaban J connectivity index is 1.92. The van der Waals surface area contributed by atoms with Gasteiger partial charge in [0.1, 0.15) is 0 Å². The lowest BCUT2D eigenvalue weighted by molar-refractivity contribution is 0.0600. The molecule has 1 saturated heterocycles. The van der Waals surface area contributed by atoms with Crippen molar-refractivity contribution in [3.8, 4) is 0 Å². The number of aliphatic hydroxyl groups is 1. The van der Waals surface area contributed by atoms with Crippen LogP contribution in [0.4, 0.5) is 0 Å². The second kappa shape index (κ2) is 5.00. The Hall–Kier alpha value is -0.160. The molecule has 0 aromatic rings. The van der Waals surface area contributed by atoms with Crippen LogP contribution in [0.5, 0.6) is 0 Å². The molecular weight excluding hydrogens is 204 g/mol. The van der Waals surface area contributed by atoms with E-state index in [0.29, 0.717) is 12.1 Å². The molecule has 0 amide bonds. The molecule has 3 N–H and O–H groups in total. The average Bonchev–Trinajstić information content (AvgIpc) is 2.53. The van der Waals surface area contributed by atoms with Gasteiger partial charge in [-0.2, -0.15) is 0 Å². The molecule has 3 atom stereocenters. The lowest BCUT2D eigenvalue weighted by Gasteiger charge is -2.30. The topological polar surface area (TPSA) is 58.7 Å². The van der Waals surface area contributed by atoms with Crippen molar-refractivity contribution in [1.29, 1.82) is 0 Å². The molecule has 4 heteroatoms. The van der Waals surface area contributed by atoms with Gasteiger partial charge in [-0.15, -0.1) is 0 Å². The number of hydrogen-bond donors (Lipinski definition) is 2. The minimum absolute atomic E-state index is 0.114. The highest BCUT2D eigenvalue weighted by Crippen LogP contribution is 2.31. The maximum Gasteiger partial charge on any atom is 0.0674 e. The summed E-state index contributed by atoms with van der Waals surface area (Å²) in [5.74, 6) is 0. The van der Waals surface area contributed by atoms with Gasteiger partial charge in [0.2, 0.25) is 0 Å². The van der Waals surface area contributed by atoms with Gasteiger partial charge in [0.05, 0.1) is 12.7 Å². The summed E-state index contributed by atoms with van der Waals surface area (Å²) in [5.41, 5.74) is 5.79. The third kappa shape index (κ3) is 2.74. The molecule has 0 radical (unpaired) electrons. The van der Waals surface area contributed by atoms with E-state index in [0.717, 1.165) is 45.4 Å². The molecule has 1 heterocycles. The molecule has 0 aromatic heterocycles. The highest BCUT2D eigenvalue weighted by Gasteiger charge is 2.38. The van der Waals surface area contributed by atoms with Crippen LogP contribution in [0.1, 0.15) is 32.6 Å². The Kier molecular flexibility index (Phi) is 3.85. The molecular formula is C12H24N2O2. The molecule has 3 unspecified atom stereocenters. The average molecular weight is 228 g/mol. The van der Waals surface area contributed by atoms with E-state index in [9.17, 15) is 5.11 Å². The third-order valence-electron chi connectivity index (χ3n) is 3.93. The van der Waals surface area contributed by atoms with Gasteiger partial charge in [0.15, 0.2) is 0 Å². The smallest absolute Gasteiger partial charge is 0.0674 e. The van der Waals surface area contributed by atoms with E-state index in [4.69, 9.17) is 10.5 Å². The van der Waals surface area contributed by atoms with Crippen LogP contribution in [0.3, 0.4) is 0 Å². The summed E-state index contributed by atoms with van der Waals surface area (Å²) in [6, 6.07) is 0.543. The lowest BCUT2D eigenvalue weighted by Crippen LogP contribution is -2.44. The molecule has 2 rings (SSSR count). The zero-order valence-electron chi connectivity index (χ0n) is 10.2. The fraction of sp³-hybridized carbons (Fsp3) is 1.00. The van der Waals surface area contributed by atoms with Crippen LogP contribution in [-0.4, -0.2) is 54.0 Å². The molecule has 0 spiro atoms. The van der Waals surface area contributed by atoms with Crippen molar-refractivity contribution >= 4 is 0 Å². The summed E-state index contributed by atoms with van der Waals surface area (Å²) in [6.07, 6.45) is 4.42. The minimum atomic E-state index is -0.332. The van der Waals surface area contributed by atoms with E-state index in [1.165, 1.54) is 0 Å². The maximum absolute atomic E-state index is 9.28. The van der Waals surface area contributed by atoms with Gasteiger partial charge in [0.25, 0.3) is 0 Å². The summed E-state index contributed by atoms with van der Waals surface area (Å²) in [4.78, 5) is 2.50. The number of aliphatic hydroxyl groups excluding tert-OH is 1. The molecule has 0 bridgehead atoms. The van der Waals surface area contributed by atoms with E-state index < -0.39 is 0 Å². The van der Waals surface area contributed by atoms with Crippen molar-refractivity contribution < 1.29 is 9.84 Å². The highest BCUT2D eigenvalue weighted by atomic mass is 16.5. The Morgan fingerprint density at radius 3 is 3.06 bits per heavy atom. The molecule has 1 aliphatic carbocycles. The second-order valence-electron chi connectivity index (χ2n) is 5.45. The Morgan fingerprint density at radius 2 is 2.38 bits per heavy atom. The third-order valence-corrected chi connectivity index (χ3v) is 3.93. The predicted molar refractivity (Wildman–Crippen MR) is 63.2 cm³/mol. The van der Waals surface area contributed by atoms with Crippen LogP contribution in [0.15, 0.2) is 0 Å². The first-order valence-corrected chi connectivity index (χ1v) is 6.38. The van der Waals surface area contributed by atoms with Crippen molar-refractivity contribution in [3.05, 3.63) is 0 Å². The Labute approximate surface area is 97.7 Å². The molecule has 4 nitrogen and oxygen atoms in total. The van der Waals surface area contributed by atoms with Crippen molar-refractivity contribution in [2.24, 2.45) is 5.73 Å². The Bertz CT molecular complexity index is 237. The first-order valence-electron chi connectivity index (χ1n) is 6.38. The molecule has 1 saturated carbocycles. The largest absolute Gasteiger partial charge is 0.394 e. The summed E-state index contributed by atoms with van der Waals surface area (Å²) in [5, 5.41) is 9.28. The van der Waals surface area contributed by atoms with Gasteiger partial charge < -0.3 is 15.6 Å². The van der Waals surface area contributed by atoms with Crippen LogP contribution in [0.25, 0.3) is 0 Å². The van der Waals surface area contributed by atoms with Crippen LogP contribution >= 0.6 is 0 Å². The van der Waals surface area contributed by atoms with Crippen molar-refractivity contribution in [2.45, 2.75) is 50.3 Å². The van der Waals surface area contributed by atoms with Gasteiger partial charge >= 0.3 is 0 Å². The molecule has 16 heavy (non-hydrogen) atoms. The van der Waals surface area contributed by atoms with E-state index in [-0.39, 0.29) is 12.1 Å². The quantitative estimate of drug-likeness (QED) is 0.715. The SMILES string of the molecule is CC1CN(C2CCC(N)(CO)C2)CCCO1. The summed E-state index contributed by atoms with van der Waals surface area (Å²) < 4.78 is 5.65. The zero-order valence-corrected chi connectivity index (χ0v) is 10.2. The summed E-state index contributed by atoms with van der Waals surface area (Å²) >= 11 is 0. The van der Waals surface area contributed by atoms with E-state index in [1.54, 1.807) is 0 Å². The number of ether oxygens (including phenoxy) is 1. The van der Waals surface area contributed by atoms with Gasteiger partial charge in [-0.3, -0.25) is 4.90 Å². The van der Waals surface area contributed by atoms with E-state index in [2.05, 4.69) is 11.8 Å². The number of hydrogen-bond acceptors (Lipinski definition) is 4. The molecule has 94 valence electrons. The van der Waals surface area contributed by atoms with E-state index in [1.807, 2.05) is 0 Å². The van der Waals surface area contributed by atoms with Crippen LogP contribution in [0, 0.1) is 0 Å². The van der Waals surface area contributed by atoms with Crippen molar-refractivity contribution in [2.75, 3.05) is 26.3 Å². The predicted octanol–water partition coefficient (Wildman–Crippen LogP) is 0.340. The standard InChI is InChI=1S/C12H24N2O2/c1-10-8-14(5-2-6-16-10)11-3-4-12(13,7-11)9-15/h10-11,15H,2-9,13H2,1H3. The van der Waals surface area contributed by atoms with Crippen LogP contribution in [0.2, 0.25) is 0 Å². The maximum atomic E-state index is 9.28. The number of rotatable bonds is 2. The van der Waals surface area contributed by atoms with Gasteiger partial charge in [-0.25, -0.2) is 0 Å². The zero-order chi connectivity index (χ0) is 11.6. The Morgan fingerprint density at radius 1 is 1.56 bits per heavy atom. The van der Waals surface area contributed by atoms with Crippen molar-refractivity contribution in [1.82, 2.24) is 4.90 Å². The lowest BCUT2D eigenvalue weighted by atomic mass is 10.0.